The second-order valence-corrected chi connectivity index (χ2v) is 7.93. The fourth-order valence-electron chi connectivity index (χ4n) is 4.22. The van der Waals surface area contributed by atoms with Gasteiger partial charge in [0, 0.05) is 42.9 Å². The van der Waals surface area contributed by atoms with Crippen molar-refractivity contribution >= 4 is 22.6 Å². The zero-order chi connectivity index (χ0) is 21.3. The summed E-state index contributed by atoms with van der Waals surface area (Å²) in [6, 6.07) is 12.7. The van der Waals surface area contributed by atoms with Crippen molar-refractivity contribution in [1.82, 2.24) is 9.47 Å². The van der Waals surface area contributed by atoms with E-state index in [9.17, 15) is 18.0 Å². The van der Waals surface area contributed by atoms with E-state index < -0.39 is 11.7 Å². The van der Waals surface area contributed by atoms with Gasteiger partial charge in [0.2, 0.25) is 0 Å². The summed E-state index contributed by atoms with van der Waals surface area (Å²) in [5.74, 6) is 0.480. The van der Waals surface area contributed by atoms with E-state index in [0.29, 0.717) is 19.0 Å². The third kappa shape index (κ3) is 4.30. The SMILES string of the molecule is Cn1cc(CC2CCN(C(=O)Nc3cccc(C(F)(F)F)c3)CC2)c2ccccc21. The molecule has 30 heavy (non-hydrogen) atoms. The van der Waals surface area contributed by atoms with Crippen LogP contribution in [0.5, 0.6) is 0 Å². The van der Waals surface area contributed by atoms with Crippen molar-refractivity contribution in [2.75, 3.05) is 18.4 Å². The number of piperidine rings is 1. The largest absolute Gasteiger partial charge is 0.416 e. The molecule has 4 rings (SSSR count). The third-order valence-corrected chi connectivity index (χ3v) is 5.83. The first-order valence-electron chi connectivity index (χ1n) is 10.1. The van der Waals surface area contributed by atoms with Crippen molar-refractivity contribution in [1.29, 1.82) is 0 Å². The number of nitrogens with one attached hydrogen (secondary N) is 1. The maximum atomic E-state index is 12.9. The molecule has 1 aliphatic heterocycles. The molecule has 158 valence electrons. The van der Waals surface area contributed by atoms with E-state index >= 15 is 0 Å². The summed E-state index contributed by atoms with van der Waals surface area (Å²) in [6.07, 6.45) is 0.459. The fourth-order valence-corrected chi connectivity index (χ4v) is 4.22. The molecule has 4 nitrogen and oxygen atoms in total. The Kier molecular flexibility index (Phi) is 5.45. The van der Waals surface area contributed by atoms with Gasteiger partial charge >= 0.3 is 12.2 Å². The summed E-state index contributed by atoms with van der Waals surface area (Å²) in [6.45, 7) is 1.19. The van der Waals surface area contributed by atoms with Crippen molar-refractivity contribution in [3.05, 3.63) is 65.9 Å². The summed E-state index contributed by atoms with van der Waals surface area (Å²) < 4.78 is 40.7. The lowest BCUT2D eigenvalue weighted by Crippen LogP contribution is -2.41. The minimum Gasteiger partial charge on any atom is -0.350 e. The molecule has 0 aliphatic carbocycles. The highest BCUT2D eigenvalue weighted by atomic mass is 19.4. The number of hydrogen-bond donors (Lipinski definition) is 1. The second kappa shape index (κ2) is 8.05. The third-order valence-electron chi connectivity index (χ3n) is 5.83. The van der Waals surface area contributed by atoms with Crippen LogP contribution in [-0.2, 0) is 19.6 Å². The van der Waals surface area contributed by atoms with Crippen molar-refractivity contribution in [3.8, 4) is 0 Å². The number of alkyl halides is 3. The quantitative estimate of drug-likeness (QED) is 0.587. The Bertz CT molecular complexity index is 1050. The molecular formula is C23H24F3N3O. The lowest BCUT2D eigenvalue weighted by molar-refractivity contribution is -0.137. The van der Waals surface area contributed by atoms with Gasteiger partial charge in [-0.25, -0.2) is 4.79 Å². The number of benzene rings is 2. The molecule has 1 saturated heterocycles. The number of anilines is 1. The lowest BCUT2D eigenvalue weighted by atomic mass is 9.90. The molecule has 2 heterocycles. The number of fused-ring (bicyclic) bond motifs is 1. The number of aromatic nitrogens is 1. The van der Waals surface area contributed by atoms with Crippen LogP contribution in [0.3, 0.4) is 0 Å². The molecule has 7 heteroatoms. The number of para-hydroxylation sites is 1. The first-order valence-corrected chi connectivity index (χ1v) is 10.1. The average Bonchev–Trinajstić information content (AvgIpc) is 3.04. The van der Waals surface area contributed by atoms with Crippen LogP contribution < -0.4 is 5.32 Å². The molecular weight excluding hydrogens is 391 g/mol. The van der Waals surface area contributed by atoms with E-state index in [-0.39, 0.29) is 11.7 Å². The van der Waals surface area contributed by atoms with Gasteiger partial charge in [0.1, 0.15) is 0 Å². The van der Waals surface area contributed by atoms with Crippen LogP contribution in [0.2, 0.25) is 0 Å². The van der Waals surface area contributed by atoms with Crippen molar-refractivity contribution in [3.63, 3.8) is 0 Å². The van der Waals surface area contributed by atoms with Crippen LogP contribution in [0.4, 0.5) is 23.7 Å². The number of urea groups is 1. The van der Waals surface area contributed by atoms with Crippen LogP contribution in [-0.4, -0.2) is 28.6 Å². The molecule has 1 fully saturated rings. The lowest BCUT2D eigenvalue weighted by Gasteiger charge is -2.32. The average molecular weight is 415 g/mol. The summed E-state index contributed by atoms with van der Waals surface area (Å²) in [5, 5.41) is 3.87. The smallest absolute Gasteiger partial charge is 0.350 e. The Labute approximate surface area is 173 Å². The van der Waals surface area contributed by atoms with Gasteiger partial charge in [0.15, 0.2) is 0 Å². The zero-order valence-electron chi connectivity index (χ0n) is 16.7. The normalized spacial score (nSPS) is 15.5. The highest BCUT2D eigenvalue weighted by Crippen LogP contribution is 2.31. The van der Waals surface area contributed by atoms with E-state index in [1.807, 2.05) is 19.2 Å². The molecule has 3 aromatic rings. The number of nitrogens with zero attached hydrogens (tertiary/aromatic N) is 2. The van der Waals surface area contributed by atoms with Gasteiger partial charge in [0.05, 0.1) is 5.56 Å². The van der Waals surface area contributed by atoms with Crippen molar-refractivity contribution in [2.24, 2.45) is 13.0 Å². The Balaban J connectivity index is 1.35. The molecule has 1 aliphatic rings. The van der Waals surface area contributed by atoms with Crippen LogP contribution in [0.15, 0.2) is 54.7 Å². The number of carbonyl (C=O) groups excluding carboxylic acids is 1. The summed E-state index contributed by atoms with van der Waals surface area (Å²) >= 11 is 0. The number of hydrogen-bond acceptors (Lipinski definition) is 1. The Morgan fingerprint density at radius 3 is 2.57 bits per heavy atom. The Hall–Kier alpha value is -2.96. The highest BCUT2D eigenvalue weighted by Gasteiger charge is 2.31. The van der Waals surface area contributed by atoms with Crippen molar-refractivity contribution in [2.45, 2.75) is 25.4 Å². The molecule has 1 N–H and O–H groups in total. The number of carbonyl (C=O) groups is 1. The molecule has 0 bridgehead atoms. The second-order valence-electron chi connectivity index (χ2n) is 7.93. The topological polar surface area (TPSA) is 37.3 Å². The number of rotatable bonds is 3. The monoisotopic (exact) mass is 415 g/mol. The molecule has 0 saturated carbocycles. The van der Waals surface area contributed by atoms with E-state index in [1.54, 1.807) is 4.90 Å². The first kappa shape index (κ1) is 20.3. The number of amides is 2. The minimum atomic E-state index is -4.43. The van der Waals surface area contributed by atoms with E-state index in [0.717, 1.165) is 31.4 Å². The maximum absolute atomic E-state index is 12.9. The molecule has 2 aromatic carbocycles. The molecule has 1 aromatic heterocycles. The van der Waals surface area contributed by atoms with E-state index in [4.69, 9.17) is 0 Å². The summed E-state index contributed by atoms with van der Waals surface area (Å²) in [7, 11) is 2.05. The number of likely N-dealkylation sites (tertiary alicyclic amines) is 1. The van der Waals surface area contributed by atoms with Gasteiger partial charge in [-0.05, 0) is 55.0 Å². The van der Waals surface area contributed by atoms with Gasteiger partial charge in [-0.2, -0.15) is 13.2 Å². The maximum Gasteiger partial charge on any atom is 0.416 e. The molecule has 0 radical (unpaired) electrons. The van der Waals surface area contributed by atoms with Crippen LogP contribution in [0.25, 0.3) is 10.9 Å². The highest BCUT2D eigenvalue weighted by molar-refractivity contribution is 5.89. The molecule has 0 unspecified atom stereocenters. The van der Waals surface area contributed by atoms with Crippen LogP contribution >= 0.6 is 0 Å². The first-order chi connectivity index (χ1) is 14.3. The van der Waals surface area contributed by atoms with Gasteiger partial charge in [-0.3, -0.25) is 0 Å². The summed E-state index contributed by atoms with van der Waals surface area (Å²) in [5.41, 5.74) is 1.92. The number of halogens is 3. The number of aryl methyl sites for hydroxylation is 1. The Morgan fingerprint density at radius 2 is 1.83 bits per heavy atom. The van der Waals surface area contributed by atoms with E-state index in [2.05, 4.69) is 28.2 Å². The van der Waals surface area contributed by atoms with E-state index in [1.165, 1.54) is 28.6 Å². The predicted molar refractivity (Wildman–Crippen MR) is 111 cm³/mol. The van der Waals surface area contributed by atoms with Gasteiger partial charge in [-0.15, -0.1) is 0 Å². The minimum absolute atomic E-state index is 0.160. The van der Waals surface area contributed by atoms with Gasteiger partial charge in [0.25, 0.3) is 0 Å². The van der Waals surface area contributed by atoms with Crippen LogP contribution in [0, 0.1) is 5.92 Å². The van der Waals surface area contributed by atoms with Gasteiger partial charge < -0.3 is 14.8 Å². The molecule has 0 atom stereocenters. The molecule has 0 spiro atoms. The fraction of sp³-hybridized carbons (Fsp3) is 0.348. The van der Waals surface area contributed by atoms with Crippen molar-refractivity contribution < 1.29 is 18.0 Å². The summed E-state index contributed by atoms with van der Waals surface area (Å²) in [4.78, 5) is 14.2. The molecule has 2 amide bonds. The Morgan fingerprint density at radius 1 is 1.10 bits per heavy atom. The predicted octanol–water partition coefficient (Wildman–Crippen LogP) is 5.68. The zero-order valence-corrected chi connectivity index (χ0v) is 16.7. The van der Waals surface area contributed by atoms with Crippen LogP contribution in [0.1, 0.15) is 24.0 Å². The van der Waals surface area contributed by atoms with Gasteiger partial charge in [-0.1, -0.05) is 24.3 Å². The standard InChI is InChI=1S/C23H24F3N3O/c1-28-15-17(20-7-2-3-8-21(20)28)13-16-9-11-29(12-10-16)22(30)27-19-6-4-5-18(14-19)23(24,25)26/h2-8,14-16H,9-13H2,1H3,(H,27,30).